The van der Waals surface area contributed by atoms with Crippen molar-refractivity contribution >= 4 is 5.91 Å². The number of rotatable bonds is 3. The molecule has 0 bridgehead atoms. The van der Waals surface area contributed by atoms with Gasteiger partial charge in [-0.25, -0.2) is 0 Å². The van der Waals surface area contributed by atoms with Crippen LogP contribution < -0.4 is 5.32 Å². The number of amides is 1. The molecule has 1 N–H and O–H groups in total. The Morgan fingerprint density at radius 2 is 2.00 bits per heavy atom. The maximum atomic E-state index is 12.6. The van der Waals surface area contributed by atoms with Crippen LogP contribution >= 0.6 is 0 Å². The van der Waals surface area contributed by atoms with Crippen molar-refractivity contribution in [3.8, 4) is 0 Å². The first-order valence-corrected chi connectivity index (χ1v) is 8.69. The zero-order valence-electron chi connectivity index (χ0n) is 13.1. The summed E-state index contributed by atoms with van der Waals surface area (Å²) in [5.41, 5.74) is 0. The molecule has 2 atom stereocenters. The monoisotopic (exact) mass is 295 g/mol. The number of piperidine rings is 1. The van der Waals surface area contributed by atoms with E-state index in [1.54, 1.807) is 0 Å². The predicted molar refractivity (Wildman–Crippen MR) is 82.3 cm³/mol. The van der Waals surface area contributed by atoms with Crippen LogP contribution in [0.5, 0.6) is 0 Å². The van der Waals surface area contributed by atoms with Crippen LogP contribution in [0, 0.1) is 0 Å². The van der Waals surface area contributed by atoms with E-state index in [0.29, 0.717) is 12.0 Å². The molecule has 3 fully saturated rings. The lowest BCUT2D eigenvalue weighted by Crippen LogP contribution is -2.49. The van der Waals surface area contributed by atoms with Crippen molar-refractivity contribution in [1.29, 1.82) is 0 Å². The van der Waals surface area contributed by atoms with Crippen molar-refractivity contribution in [3.05, 3.63) is 0 Å². The lowest BCUT2D eigenvalue weighted by atomic mass is 10.0. The van der Waals surface area contributed by atoms with Crippen LogP contribution in [-0.4, -0.2) is 73.7 Å². The van der Waals surface area contributed by atoms with Crippen LogP contribution in [0.4, 0.5) is 0 Å². The van der Waals surface area contributed by atoms with Gasteiger partial charge < -0.3 is 15.0 Å². The molecule has 0 aromatic rings. The maximum absolute atomic E-state index is 12.6. The second-order valence-corrected chi connectivity index (χ2v) is 6.62. The highest BCUT2D eigenvalue weighted by atomic mass is 16.5. The van der Waals surface area contributed by atoms with Crippen LogP contribution in [0.25, 0.3) is 0 Å². The molecule has 5 nitrogen and oxygen atoms in total. The largest absolute Gasteiger partial charge is 0.377 e. The van der Waals surface area contributed by atoms with Gasteiger partial charge in [0.2, 0.25) is 5.91 Å². The molecule has 0 aliphatic carbocycles. The van der Waals surface area contributed by atoms with Gasteiger partial charge in [0.05, 0.1) is 12.1 Å². The Balaban J connectivity index is 1.46. The molecule has 0 radical (unpaired) electrons. The van der Waals surface area contributed by atoms with Crippen LogP contribution in [0.3, 0.4) is 0 Å². The molecule has 3 heterocycles. The van der Waals surface area contributed by atoms with E-state index in [1.165, 1.54) is 25.7 Å². The Labute approximate surface area is 128 Å². The van der Waals surface area contributed by atoms with Crippen molar-refractivity contribution in [2.75, 3.05) is 45.9 Å². The number of ether oxygens (including phenoxy) is 1. The summed E-state index contributed by atoms with van der Waals surface area (Å²) >= 11 is 0. The molecule has 0 aromatic carbocycles. The highest BCUT2D eigenvalue weighted by Gasteiger charge is 2.28. The fraction of sp³-hybridized carbons (Fsp3) is 0.938. The summed E-state index contributed by atoms with van der Waals surface area (Å²) in [4.78, 5) is 17.1. The van der Waals surface area contributed by atoms with Gasteiger partial charge in [-0.2, -0.15) is 0 Å². The lowest BCUT2D eigenvalue weighted by Gasteiger charge is -2.29. The zero-order valence-corrected chi connectivity index (χ0v) is 13.1. The first-order chi connectivity index (χ1) is 10.3. The molecule has 3 rings (SSSR count). The molecule has 0 spiro atoms. The number of nitrogens with zero attached hydrogens (tertiary/aromatic N) is 2. The first kappa shape index (κ1) is 15.3. The van der Waals surface area contributed by atoms with Crippen LogP contribution in [0.2, 0.25) is 0 Å². The molecule has 1 amide bonds. The molecule has 5 heteroatoms. The summed E-state index contributed by atoms with van der Waals surface area (Å²) in [6.07, 6.45) is 7.32. The molecular formula is C16H29N3O2. The van der Waals surface area contributed by atoms with Crippen LogP contribution in [0.15, 0.2) is 0 Å². The van der Waals surface area contributed by atoms with Gasteiger partial charge in [-0.1, -0.05) is 6.42 Å². The SMILES string of the molecule is O=C([C@H]1CCCCN1)N1CCCN(CC2CCCO2)CC1. The molecule has 0 aromatic heterocycles. The topological polar surface area (TPSA) is 44.8 Å². The number of nitrogens with one attached hydrogen (secondary N) is 1. The normalized spacial score (nSPS) is 32.1. The minimum Gasteiger partial charge on any atom is -0.377 e. The van der Waals surface area contributed by atoms with Crippen molar-refractivity contribution in [1.82, 2.24) is 15.1 Å². The summed E-state index contributed by atoms with van der Waals surface area (Å²) in [6, 6.07) is 0.0727. The summed E-state index contributed by atoms with van der Waals surface area (Å²) in [7, 11) is 0. The van der Waals surface area contributed by atoms with E-state index in [0.717, 1.165) is 58.7 Å². The number of hydrogen-bond donors (Lipinski definition) is 1. The third-order valence-corrected chi connectivity index (χ3v) is 4.99. The average Bonchev–Trinajstić information content (AvgIpc) is 2.92. The quantitative estimate of drug-likeness (QED) is 0.838. The molecule has 3 aliphatic heterocycles. The molecule has 3 saturated heterocycles. The first-order valence-electron chi connectivity index (χ1n) is 8.69. The molecule has 3 aliphatic rings. The van der Waals surface area contributed by atoms with Gasteiger partial charge >= 0.3 is 0 Å². The summed E-state index contributed by atoms with van der Waals surface area (Å²) in [5, 5.41) is 3.38. The van der Waals surface area contributed by atoms with Crippen molar-refractivity contribution in [2.45, 2.75) is 50.7 Å². The zero-order chi connectivity index (χ0) is 14.5. The Morgan fingerprint density at radius 1 is 1.05 bits per heavy atom. The van der Waals surface area contributed by atoms with E-state index in [1.807, 2.05) is 0 Å². The molecular weight excluding hydrogens is 266 g/mol. The molecule has 1 unspecified atom stereocenters. The van der Waals surface area contributed by atoms with E-state index in [2.05, 4.69) is 15.1 Å². The number of hydrogen-bond acceptors (Lipinski definition) is 4. The molecule has 120 valence electrons. The van der Waals surface area contributed by atoms with Crippen LogP contribution in [0.1, 0.15) is 38.5 Å². The van der Waals surface area contributed by atoms with E-state index >= 15 is 0 Å². The lowest BCUT2D eigenvalue weighted by molar-refractivity contribution is -0.133. The fourth-order valence-corrected chi connectivity index (χ4v) is 3.73. The van der Waals surface area contributed by atoms with Gasteiger partial charge in [-0.3, -0.25) is 9.69 Å². The Morgan fingerprint density at radius 3 is 2.76 bits per heavy atom. The Kier molecular flexibility index (Phi) is 5.49. The van der Waals surface area contributed by atoms with Gasteiger partial charge in [0, 0.05) is 32.8 Å². The summed E-state index contributed by atoms with van der Waals surface area (Å²) < 4.78 is 5.73. The van der Waals surface area contributed by atoms with E-state index in [9.17, 15) is 4.79 Å². The third kappa shape index (κ3) is 4.18. The van der Waals surface area contributed by atoms with Gasteiger partial charge in [0.1, 0.15) is 0 Å². The van der Waals surface area contributed by atoms with E-state index in [-0.39, 0.29) is 6.04 Å². The van der Waals surface area contributed by atoms with Gasteiger partial charge in [0.15, 0.2) is 0 Å². The smallest absolute Gasteiger partial charge is 0.239 e. The number of carbonyl (C=O) groups excluding carboxylic acids is 1. The van der Waals surface area contributed by atoms with Gasteiger partial charge in [0.25, 0.3) is 0 Å². The Bertz CT molecular complexity index is 338. The second-order valence-electron chi connectivity index (χ2n) is 6.62. The van der Waals surface area contributed by atoms with Crippen molar-refractivity contribution in [2.24, 2.45) is 0 Å². The van der Waals surface area contributed by atoms with E-state index < -0.39 is 0 Å². The van der Waals surface area contributed by atoms with Gasteiger partial charge in [-0.05, 0) is 45.2 Å². The second kappa shape index (κ2) is 7.56. The Hall–Kier alpha value is -0.650. The maximum Gasteiger partial charge on any atom is 0.239 e. The van der Waals surface area contributed by atoms with Crippen molar-refractivity contribution < 1.29 is 9.53 Å². The van der Waals surface area contributed by atoms with Gasteiger partial charge in [-0.15, -0.1) is 0 Å². The van der Waals surface area contributed by atoms with E-state index in [4.69, 9.17) is 4.74 Å². The van der Waals surface area contributed by atoms with Crippen LogP contribution in [-0.2, 0) is 9.53 Å². The standard InChI is InChI=1S/C16H29N3O2/c20-16(15-6-1-2-7-17-15)19-9-4-8-18(10-11-19)13-14-5-3-12-21-14/h14-15,17H,1-13H2/t14?,15-/m1/s1. The average molecular weight is 295 g/mol. The van der Waals surface area contributed by atoms with Crippen molar-refractivity contribution in [3.63, 3.8) is 0 Å². The summed E-state index contributed by atoms with van der Waals surface area (Å²) in [6.45, 7) is 6.86. The number of carbonyl (C=O) groups is 1. The highest BCUT2D eigenvalue weighted by Crippen LogP contribution is 2.16. The molecule has 0 saturated carbocycles. The highest BCUT2D eigenvalue weighted by molar-refractivity contribution is 5.82. The fourth-order valence-electron chi connectivity index (χ4n) is 3.73. The molecule has 21 heavy (non-hydrogen) atoms. The minimum absolute atomic E-state index is 0.0727. The predicted octanol–water partition coefficient (Wildman–Crippen LogP) is 0.842. The third-order valence-electron chi connectivity index (χ3n) is 4.99. The summed E-state index contributed by atoms with van der Waals surface area (Å²) in [5.74, 6) is 0.327. The minimum atomic E-state index is 0.0727.